The molecule has 1 aliphatic heterocycles. The number of amides is 2. The maximum atomic E-state index is 13.0. The third kappa shape index (κ3) is 5.00. The van der Waals surface area contributed by atoms with Gasteiger partial charge in [-0.25, -0.2) is 4.68 Å². The fourth-order valence-electron chi connectivity index (χ4n) is 3.65. The molecule has 4 rings (SSSR count). The molecule has 2 amide bonds. The van der Waals surface area contributed by atoms with E-state index < -0.39 is 17.6 Å². The standard InChI is InChI=1S/C23H21F3N4O3/c1-33-19-14-30(18-8-3-6-16(12-18)23(24,25)26)28-21(19)22(32)27-17-7-2-5-15(11-17)13-29-10-4-9-20(29)31/h2-3,5-8,11-12,14H,4,9-10,13H2,1H3,(H,27,32). The maximum absolute atomic E-state index is 13.0. The summed E-state index contributed by atoms with van der Waals surface area (Å²) in [5.74, 6) is -0.356. The Labute approximate surface area is 187 Å². The molecule has 1 fully saturated rings. The van der Waals surface area contributed by atoms with E-state index in [9.17, 15) is 22.8 Å². The highest BCUT2D eigenvalue weighted by atomic mass is 19.4. The number of carbonyl (C=O) groups excluding carboxylic acids is 2. The number of ether oxygens (including phenoxy) is 1. The average Bonchev–Trinajstić information content (AvgIpc) is 3.40. The third-order valence-corrected chi connectivity index (χ3v) is 5.28. The van der Waals surface area contributed by atoms with Crippen LogP contribution >= 0.6 is 0 Å². The molecule has 10 heteroatoms. The largest absolute Gasteiger partial charge is 0.493 e. The molecule has 3 aromatic rings. The van der Waals surface area contributed by atoms with Crippen LogP contribution in [0.25, 0.3) is 5.69 Å². The Morgan fingerprint density at radius 1 is 1.18 bits per heavy atom. The van der Waals surface area contributed by atoms with Crippen molar-refractivity contribution in [3.05, 3.63) is 71.5 Å². The number of halogens is 3. The summed E-state index contributed by atoms with van der Waals surface area (Å²) < 4.78 is 45.5. The van der Waals surface area contributed by atoms with E-state index >= 15 is 0 Å². The molecule has 1 aromatic heterocycles. The van der Waals surface area contributed by atoms with Gasteiger partial charge in [0.1, 0.15) is 0 Å². The number of aromatic nitrogens is 2. The van der Waals surface area contributed by atoms with Gasteiger partial charge in [-0.15, -0.1) is 0 Å². The summed E-state index contributed by atoms with van der Waals surface area (Å²) in [5, 5.41) is 6.88. The van der Waals surface area contributed by atoms with Crippen LogP contribution < -0.4 is 10.1 Å². The molecule has 1 aliphatic rings. The fraction of sp³-hybridized carbons (Fsp3) is 0.261. The molecule has 0 unspecified atom stereocenters. The molecule has 7 nitrogen and oxygen atoms in total. The van der Waals surface area contributed by atoms with Crippen molar-refractivity contribution in [2.75, 3.05) is 19.0 Å². The smallest absolute Gasteiger partial charge is 0.416 e. The molecule has 33 heavy (non-hydrogen) atoms. The average molecular weight is 458 g/mol. The van der Waals surface area contributed by atoms with Gasteiger partial charge in [0.15, 0.2) is 11.4 Å². The highest BCUT2D eigenvalue weighted by molar-refractivity contribution is 6.04. The Morgan fingerprint density at radius 3 is 2.67 bits per heavy atom. The Morgan fingerprint density at radius 2 is 1.97 bits per heavy atom. The monoisotopic (exact) mass is 458 g/mol. The number of anilines is 1. The maximum Gasteiger partial charge on any atom is 0.416 e. The number of likely N-dealkylation sites (tertiary alicyclic amines) is 1. The lowest BCUT2D eigenvalue weighted by Gasteiger charge is -2.16. The van der Waals surface area contributed by atoms with Gasteiger partial charge >= 0.3 is 6.18 Å². The highest BCUT2D eigenvalue weighted by Crippen LogP contribution is 2.31. The second-order valence-electron chi connectivity index (χ2n) is 7.61. The van der Waals surface area contributed by atoms with Gasteiger partial charge in [0, 0.05) is 25.2 Å². The molecule has 0 saturated carbocycles. The van der Waals surface area contributed by atoms with Gasteiger partial charge in [0.25, 0.3) is 5.91 Å². The number of carbonyl (C=O) groups is 2. The second-order valence-corrected chi connectivity index (χ2v) is 7.61. The normalized spacial score (nSPS) is 13.9. The molecule has 0 radical (unpaired) electrons. The van der Waals surface area contributed by atoms with E-state index in [4.69, 9.17) is 4.74 Å². The Bertz CT molecular complexity index is 1190. The number of nitrogens with zero attached hydrogens (tertiary/aromatic N) is 3. The van der Waals surface area contributed by atoms with Crippen LogP contribution in [0.1, 0.15) is 34.5 Å². The van der Waals surface area contributed by atoms with E-state index in [1.54, 1.807) is 23.1 Å². The molecule has 2 aromatic carbocycles. The van der Waals surface area contributed by atoms with Crippen LogP contribution in [-0.4, -0.2) is 40.1 Å². The van der Waals surface area contributed by atoms with Crippen LogP contribution in [0, 0.1) is 0 Å². The molecule has 0 bridgehead atoms. The number of rotatable bonds is 6. The summed E-state index contributed by atoms with van der Waals surface area (Å²) in [6, 6.07) is 11.7. The number of alkyl halides is 3. The van der Waals surface area contributed by atoms with Gasteiger partial charge in [-0.05, 0) is 42.3 Å². The van der Waals surface area contributed by atoms with Crippen LogP contribution in [0.2, 0.25) is 0 Å². The molecule has 0 aliphatic carbocycles. The summed E-state index contributed by atoms with van der Waals surface area (Å²) in [6.45, 7) is 1.16. The van der Waals surface area contributed by atoms with Crippen molar-refractivity contribution >= 4 is 17.5 Å². The van der Waals surface area contributed by atoms with Gasteiger partial charge in [-0.2, -0.15) is 18.3 Å². The van der Waals surface area contributed by atoms with Gasteiger partial charge in [-0.3, -0.25) is 9.59 Å². The third-order valence-electron chi connectivity index (χ3n) is 5.28. The summed E-state index contributed by atoms with van der Waals surface area (Å²) >= 11 is 0. The Hall–Kier alpha value is -3.82. The van der Waals surface area contributed by atoms with Crippen molar-refractivity contribution < 1.29 is 27.5 Å². The van der Waals surface area contributed by atoms with E-state index in [-0.39, 0.29) is 23.0 Å². The molecule has 1 saturated heterocycles. The lowest BCUT2D eigenvalue weighted by Crippen LogP contribution is -2.23. The molecular formula is C23H21F3N4O3. The predicted octanol–water partition coefficient (Wildman–Crippen LogP) is 4.27. The lowest BCUT2D eigenvalue weighted by molar-refractivity contribution is -0.137. The topological polar surface area (TPSA) is 76.5 Å². The first-order valence-electron chi connectivity index (χ1n) is 10.2. The summed E-state index contributed by atoms with van der Waals surface area (Å²) in [4.78, 5) is 26.5. The molecule has 2 heterocycles. The minimum absolute atomic E-state index is 0.0740. The van der Waals surface area contributed by atoms with Gasteiger partial charge < -0.3 is 15.0 Å². The molecule has 1 N–H and O–H groups in total. The fourth-order valence-corrected chi connectivity index (χ4v) is 3.65. The van der Waals surface area contributed by atoms with Gasteiger partial charge in [0.2, 0.25) is 5.91 Å². The zero-order valence-electron chi connectivity index (χ0n) is 17.7. The van der Waals surface area contributed by atoms with Crippen molar-refractivity contribution in [2.45, 2.75) is 25.6 Å². The lowest BCUT2D eigenvalue weighted by atomic mass is 10.2. The molecule has 172 valence electrons. The Kier molecular flexibility index (Phi) is 6.08. The molecule has 0 spiro atoms. The minimum Gasteiger partial charge on any atom is -0.493 e. The number of benzene rings is 2. The first kappa shape index (κ1) is 22.4. The first-order chi connectivity index (χ1) is 15.7. The number of hydrogen-bond acceptors (Lipinski definition) is 4. The van der Waals surface area contributed by atoms with Crippen LogP contribution in [0.15, 0.2) is 54.7 Å². The van der Waals surface area contributed by atoms with E-state index in [0.29, 0.717) is 25.2 Å². The van der Waals surface area contributed by atoms with E-state index in [0.717, 1.165) is 24.1 Å². The van der Waals surface area contributed by atoms with Crippen LogP contribution in [0.4, 0.5) is 18.9 Å². The highest BCUT2D eigenvalue weighted by Gasteiger charge is 2.31. The van der Waals surface area contributed by atoms with Gasteiger partial charge in [0.05, 0.1) is 24.6 Å². The van der Waals surface area contributed by atoms with Gasteiger partial charge in [-0.1, -0.05) is 18.2 Å². The van der Waals surface area contributed by atoms with E-state index in [2.05, 4.69) is 10.4 Å². The van der Waals surface area contributed by atoms with Crippen LogP contribution in [-0.2, 0) is 17.5 Å². The van der Waals surface area contributed by atoms with Crippen molar-refractivity contribution in [3.63, 3.8) is 0 Å². The minimum atomic E-state index is -4.50. The number of hydrogen-bond donors (Lipinski definition) is 1. The summed E-state index contributed by atoms with van der Waals surface area (Å²) in [6.07, 6.45) is -1.77. The first-order valence-corrected chi connectivity index (χ1v) is 10.2. The van der Waals surface area contributed by atoms with Crippen molar-refractivity contribution in [1.82, 2.24) is 14.7 Å². The van der Waals surface area contributed by atoms with E-state index in [1.165, 1.54) is 30.1 Å². The van der Waals surface area contributed by atoms with Crippen molar-refractivity contribution in [2.24, 2.45) is 0 Å². The van der Waals surface area contributed by atoms with Crippen molar-refractivity contribution in [3.8, 4) is 11.4 Å². The molecule has 0 atom stereocenters. The Balaban J connectivity index is 1.54. The zero-order valence-corrected chi connectivity index (χ0v) is 17.7. The summed E-state index contributed by atoms with van der Waals surface area (Å²) in [5.41, 5.74) is 0.604. The van der Waals surface area contributed by atoms with Crippen LogP contribution in [0.3, 0.4) is 0 Å². The molecular weight excluding hydrogens is 437 g/mol. The van der Waals surface area contributed by atoms with Crippen LogP contribution in [0.5, 0.6) is 5.75 Å². The number of nitrogens with one attached hydrogen (secondary N) is 1. The quantitative estimate of drug-likeness (QED) is 0.599. The predicted molar refractivity (Wildman–Crippen MR) is 114 cm³/mol. The second kappa shape index (κ2) is 8.97. The SMILES string of the molecule is COc1cn(-c2cccc(C(F)(F)F)c2)nc1C(=O)Nc1cccc(CN2CCCC2=O)c1. The zero-order chi connectivity index (χ0) is 23.6. The van der Waals surface area contributed by atoms with E-state index in [1.807, 2.05) is 6.07 Å². The van der Waals surface area contributed by atoms with Crippen molar-refractivity contribution in [1.29, 1.82) is 0 Å². The number of methoxy groups -OCH3 is 1. The summed E-state index contributed by atoms with van der Waals surface area (Å²) in [7, 11) is 1.35.